The summed E-state index contributed by atoms with van der Waals surface area (Å²) < 4.78 is 5.73. The van der Waals surface area contributed by atoms with Crippen molar-refractivity contribution in [3.8, 4) is 0 Å². The molecule has 0 bridgehead atoms. The number of rotatable bonds is 18. The van der Waals surface area contributed by atoms with Crippen LogP contribution in [0.5, 0.6) is 0 Å². The molecule has 1 amide bonds. The van der Waals surface area contributed by atoms with Crippen molar-refractivity contribution in [3.63, 3.8) is 0 Å². The summed E-state index contributed by atoms with van der Waals surface area (Å²) in [7, 11) is 0. The highest BCUT2D eigenvalue weighted by molar-refractivity contribution is 6.37. The van der Waals surface area contributed by atoms with E-state index in [0.717, 1.165) is 19.3 Å². The van der Waals surface area contributed by atoms with Crippen LogP contribution in [0.3, 0.4) is 0 Å². The van der Waals surface area contributed by atoms with E-state index in [4.69, 9.17) is 15.6 Å². The van der Waals surface area contributed by atoms with Crippen LogP contribution in [-0.2, 0) is 14.3 Å². The normalized spacial score (nSPS) is 21.3. The molecule has 2 aliphatic heterocycles. The van der Waals surface area contributed by atoms with Crippen molar-refractivity contribution < 1.29 is 29.6 Å². The zero-order chi connectivity index (χ0) is 28.5. The molecule has 0 radical (unpaired) electrons. The van der Waals surface area contributed by atoms with Gasteiger partial charge in [0.25, 0.3) is 0 Å². The molecule has 39 heavy (non-hydrogen) atoms. The van der Waals surface area contributed by atoms with E-state index in [1.165, 1.54) is 89.9 Å². The van der Waals surface area contributed by atoms with E-state index < -0.39 is 24.0 Å². The highest BCUT2D eigenvalue weighted by Gasteiger charge is 2.56. The van der Waals surface area contributed by atoms with Crippen molar-refractivity contribution in [1.82, 2.24) is 4.90 Å². The minimum Gasteiger partial charge on any atom is -0.475 e. The van der Waals surface area contributed by atoms with Crippen molar-refractivity contribution >= 4 is 23.5 Å². The standard InChI is InChI=1S/C18H37NO.C11H15N3O5/c1-2-3-4-5-6-7-8-9-10-11-12-13-14-15-16-17-18(19)20;15-5-7-12-8(10(17)18)13-9-6(16)1-4-19-11(2-3-11)14(7)9/h2-17H2,1H3,(H2,19,20);6-7,15-16H,1-5H2,(H,17,18). The second kappa shape index (κ2) is 18.3. The number of unbranched alkanes of at least 4 members (excludes halogenated alkanes) is 14. The van der Waals surface area contributed by atoms with Crippen molar-refractivity contribution in [2.24, 2.45) is 15.7 Å². The Kier molecular flexibility index (Phi) is 15.6. The topological polar surface area (TPSA) is 158 Å². The predicted molar refractivity (Wildman–Crippen MR) is 152 cm³/mol. The van der Waals surface area contributed by atoms with E-state index >= 15 is 0 Å². The van der Waals surface area contributed by atoms with Gasteiger partial charge in [-0.15, -0.1) is 0 Å². The van der Waals surface area contributed by atoms with Gasteiger partial charge < -0.3 is 30.7 Å². The predicted octanol–water partition coefficient (Wildman–Crippen LogP) is 4.51. The maximum atomic E-state index is 11.0. The van der Waals surface area contributed by atoms with Gasteiger partial charge in [0.2, 0.25) is 11.7 Å². The second-order valence-electron chi connectivity index (χ2n) is 11.0. The summed E-state index contributed by atoms with van der Waals surface area (Å²) in [4.78, 5) is 31.0. The monoisotopic (exact) mass is 552 g/mol. The minimum atomic E-state index is -1.27. The first-order valence-electron chi connectivity index (χ1n) is 15.2. The van der Waals surface area contributed by atoms with Crippen molar-refractivity contribution in [2.75, 3.05) is 13.2 Å². The van der Waals surface area contributed by atoms with E-state index in [0.29, 0.717) is 19.4 Å². The SMILES string of the molecule is CCCCCCCCCCCCCCCCCC(N)=O.O=C(O)C1=NC(CO)N2C(=N1)C(O)CCOC21CC1. The summed E-state index contributed by atoms with van der Waals surface area (Å²) in [6, 6.07) is 0. The Bertz CT molecular complexity index is 799. The number of aliphatic hydroxyl groups excluding tert-OH is 2. The van der Waals surface area contributed by atoms with Gasteiger partial charge in [0.1, 0.15) is 23.8 Å². The molecule has 2 heterocycles. The smallest absolute Gasteiger partial charge is 0.373 e. The number of nitrogens with two attached hydrogens (primary N) is 1. The third kappa shape index (κ3) is 11.9. The average Bonchev–Trinajstić information content (AvgIpc) is 3.72. The molecule has 2 unspecified atom stereocenters. The lowest BCUT2D eigenvalue weighted by Gasteiger charge is -2.38. The van der Waals surface area contributed by atoms with Gasteiger partial charge in [0, 0.05) is 12.8 Å². The Hall–Kier alpha value is -2.04. The first kappa shape index (κ1) is 33.2. The Morgan fingerprint density at radius 3 is 1.90 bits per heavy atom. The molecular formula is C29H52N4O6. The first-order valence-corrected chi connectivity index (χ1v) is 15.2. The lowest BCUT2D eigenvalue weighted by molar-refractivity contribution is -0.129. The number of fused-ring (bicyclic) bond motifs is 2. The van der Waals surface area contributed by atoms with Gasteiger partial charge in [-0.1, -0.05) is 96.8 Å². The molecule has 1 aliphatic carbocycles. The molecule has 0 aromatic carbocycles. The van der Waals surface area contributed by atoms with Gasteiger partial charge in [-0.25, -0.2) is 14.8 Å². The molecule has 0 aromatic rings. The quantitative estimate of drug-likeness (QED) is 0.182. The lowest BCUT2D eigenvalue weighted by atomic mass is 10.0. The van der Waals surface area contributed by atoms with E-state index in [9.17, 15) is 19.8 Å². The van der Waals surface area contributed by atoms with Crippen LogP contribution in [0, 0.1) is 0 Å². The van der Waals surface area contributed by atoms with Crippen LogP contribution < -0.4 is 5.73 Å². The van der Waals surface area contributed by atoms with Gasteiger partial charge in [0.15, 0.2) is 0 Å². The second-order valence-corrected chi connectivity index (χ2v) is 11.0. The molecule has 3 rings (SSSR count). The third-order valence-electron chi connectivity index (χ3n) is 7.59. The van der Waals surface area contributed by atoms with Crippen LogP contribution in [0.4, 0.5) is 0 Å². The number of carboxylic acid groups (broad SMARTS) is 1. The molecule has 10 heteroatoms. The van der Waals surface area contributed by atoms with E-state index in [1.54, 1.807) is 4.90 Å². The number of hydrogen-bond donors (Lipinski definition) is 4. The molecule has 10 nitrogen and oxygen atoms in total. The van der Waals surface area contributed by atoms with Gasteiger partial charge in [-0.2, -0.15) is 0 Å². The molecule has 2 fully saturated rings. The molecular weight excluding hydrogens is 500 g/mol. The minimum absolute atomic E-state index is 0.153. The van der Waals surface area contributed by atoms with E-state index in [2.05, 4.69) is 16.9 Å². The van der Waals surface area contributed by atoms with E-state index in [-0.39, 0.29) is 24.2 Å². The molecule has 5 N–H and O–H groups in total. The molecule has 224 valence electrons. The number of nitrogens with zero attached hydrogens (tertiary/aromatic N) is 3. The number of amides is 1. The Morgan fingerprint density at radius 2 is 1.46 bits per heavy atom. The van der Waals surface area contributed by atoms with E-state index in [1.807, 2.05) is 0 Å². The maximum Gasteiger partial charge on any atom is 0.373 e. The fourth-order valence-corrected chi connectivity index (χ4v) is 5.21. The molecule has 0 aromatic heterocycles. The number of hydrogen-bond acceptors (Lipinski definition) is 8. The van der Waals surface area contributed by atoms with Gasteiger partial charge in [-0.05, 0) is 19.3 Å². The average molecular weight is 553 g/mol. The Labute approximate surface area is 234 Å². The number of ether oxygens (including phenoxy) is 1. The van der Waals surface area contributed by atoms with Crippen LogP contribution in [-0.4, -0.2) is 75.0 Å². The molecule has 1 saturated carbocycles. The number of carbonyl (C=O) groups excluding carboxylic acids is 1. The van der Waals surface area contributed by atoms with Crippen LogP contribution in [0.25, 0.3) is 0 Å². The fraction of sp³-hybridized carbons (Fsp3) is 0.862. The van der Waals surface area contributed by atoms with Crippen molar-refractivity contribution in [2.45, 2.75) is 147 Å². The maximum absolute atomic E-state index is 11.0. The number of aliphatic hydroxyl groups is 2. The molecule has 3 aliphatic rings. The van der Waals surface area contributed by atoms with Crippen LogP contribution in [0.1, 0.15) is 129 Å². The summed E-state index contributed by atoms with van der Waals surface area (Å²) >= 11 is 0. The van der Waals surface area contributed by atoms with Crippen LogP contribution in [0.2, 0.25) is 0 Å². The number of primary amides is 1. The zero-order valence-electron chi connectivity index (χ0n) is 24.0. The van der Waals surface area contributed by atoms with Gasteiger partial charge in [0.05, 0.1) is 13.2 Å². The first-order chi connectivity index (χ1) is 18.8. The highest BCUT2D eigenvalue weighted by atomic mass is 16.5. The third-order valence-corrected chi connectivity index (χ3v) is 7.59. The summed E-state index contributed by atoms with van der Waals surface area (Å²) in [6.45, 7) is 2.29. The van der Waals surface area contributed by atoms with Crippen molar-refractivity contribution in [1.29, 1.82) is 0 Å². The Balaban J connectivity index is 0.000000273. The number of carboxylic acids is 1. The summed E-state index contributed by atoms with van der Waals surface area (Å²) in [5.74, 6) is -1.57. The Morgan fingerprint density at radius 1 is 0.949 bits per heavy atom. The number of aliphatic carboxylic acids is 1. The number of aliphatic imine (C=N–C) groups is 2. The summed E-state index contributed by atoms with van der Waals surface area (Å²) in [5, 5.41) is 28.5. The summed E-state index contributed by atoms with van der Waals surface area (Å²) in [6.07, 6.45) is 21.1. The van der Waals surface area contributed by atoms with Gasteiger partial charge in [-0.3, -0.25) is 4.79 Å². The zero-order valence-corrected chi connectivity index (χ0v) is 24.0. The fourth-order valence-electron chi connectivity index (χ4n) is 5.21. The van der Waals surface area contributed by atoms with Gasteiger partial charge >= 0.3 is 5.97 Å². The summed E-state index contributed by atoms with van der Waals surface area (Å²) in [5.41, 5.74) is 4.52. The largest absolute Gasteiger partial charge is 0.475 e. The molecule has 2 atom stereocenters. The van der Waals surface area contributed by atoms with Crippen molar-refractivity contribution in [3.05, 3.63) is 0 Å². The molecule has 1 saturated heterocycles. The number of amidine groups is 2. The van der Waals surface area contributed by atoms with Crippen LogP contribution >= 0.6 is 0 Å². The molecule has 1 spiro atoms. The highest BCUT2D eigenvalue weighted by Crippen LogP contribution is 2.46. The number of carbonyl (C=O) groups is 2. The van der Waals surface area contributed by atoms with Crippen LogP contribution in [0.15, 0.2) is 9.98 Å². The lowest BCUT2D eigenvalue weighted by Crippen LogP contribution is -2.55.